The first-order chi connectivity index (χ1) is 7.92. The lowest BCUT2D eigenvalue weighted by Crippen LogP contribution is -2.54. The van der Waals surface area contributed by atoms with Crippen LogP contribution in [-0.2, 0) is 0 Å². The molecule has 0 unspecified atom stereocenters. The number of para-hydroxylation sites is 1. The zero-order valence-electron chi connectivity index (χ0n) is 10.1. The van der Waals surface area contributed by atoms with Gasteiger partial charge in [0.2, 0.25) is 11.9 Å². The van der Waals surface area contributed by atoms with Crippen LogP contribution in [0.5, 0.6) is 0 Å². The minimum Gasteiger partial charge on any atom is -0.369 e. The Morgan fingerprint density at radius 3 is 2.39 bits per heavy atom. The van der Waals surface area contributed by atoms with Crippen LogP contribution in [0.15, 0.2) is 38.7 Å². The summed E-state index contributed by atoms with van der Waals surface area (Å²) in [5.74, 6) is 0.546. The van der Waals surface area contributed by atoms with Gasteiger partial charge in [0.05, 0.1) is 5.69 Å². The Balaban J connectivity index is 0.00000162. The largest absolute Gasteiger partial charge is 0.369 e. The van der Waals surface area contributed by atoms with Crippen molar-refractivity contribution in [2.45, 2.75) is 19.5 Å². The summed E-state index contributed by atoms with van der Waals surface area (Å²) in [7, 11) is 0. The molecule has 0 saturated heterocycles. The Bertz CT molecular complexity index is 512. The number of nitrogens with zero attached hydrogens (tertiary/aromatic N) is 3. The standard InChI is InChI=1S/C11H14BrN5.ClH/c1-11(2)16-9(13)15-10(14)17(11)8-6-4-3-5-7(8)12;/h3-6H,1-2H3,(H4,13,14,15,16);1H. The van der Waals surface area contributed by atoms with Crippen molar-refractivity contribution >= 4 is 45.9 Å². The van der Waals surface area contributed by atoms with E-state index in [2.05, 4.69) is 25.9 Å². The van der Waals surface area contributed by atoms with E-state index in [1.54, 1.807) is 0 Å². The predicted molar refractivity (Wildman–Crippen MR) is 81.2 cm³/mol. The van der Waals surface area contributed by atoms with Crippen molar-refractivity contribution < 1.29 is 0 Å². The van der Waals surface area contributed by atoms with Crippen LogP contribution in [-0.4, -0.2) is 17.6 Å². The van der Waals surface area contributed by atoms with Gasteiger partial charge < -0.3 is 11.5 Å². The second-order valence-electron chi connectivity index (χ2n) is 4.22. The average molecular weight is 333 g/mol. The average Bonchev–Trinajstić information content (AvgIpc) is 2.18. The fourth-order valence-corrected chi connectivity index (χ4v) is 2.32. The van der Waals surface area contributed by atoms with Gasteiger partial charge in [-0.15, -0.1) is 12.4 Å². The molecule has 2 rings (SSSR count). The van der Waals surface area contributed by atoms with Gasteiger partial charge in [-0.05, 0) is 41.9 Å². The molecule has 4 N–H and O–H groups in total. The first-order valence-electron chi connectivity index (χ1n) is 5.16. The predicted octanol–water partition coefficient (Wildman–Crippen LogP) is 2.06. The van der Waals surface area contributed by atoms with Crippen LogP contribution in [0.2, 0.25) is 0 Å². The van der Waals surface area contributed by atoms with Crippen LogP contribution in [0, 0.1) is 0 Å². The molecule has 0 amide bonds. The highest BCUT2D eigenvalue weighted by atomic mass is 79.9. The number of hydrogen-bond acceptors (Lipinski definition) is 5. The van der Waals surface area contributed by atoms with Crippen LogP contribution < -0.4 is 16.4 Å². The van der Waals surface area contributed by atoms with Gasteiger partial charge >= 0.3 is 0 Å². The number of halogens is 2. The van der Waals surface area contributed by atoms with Gasteiger partial charge in [0.15, 0.2) is 0 Å². The third-order valence-corrected chi connectivity index (χ3v) is 3.16. The molecule has 7 heteroatoms. The molecule has 18 heavy (non-hydrogen) atoms. The summed E-state index contributed by atoms with van der Waals surface area (Å²) in [6.45, 7) is 3.86. The lowest BCUT2D eigenvalue weighted by molar-refractivity contribution is 0.533. The van der Waals surface area contributed by atoms with Crippen LogP contribution in [0.1, 0.15) is 13.8 Å². The van der Waals surface area contributed by atoms with Gasteiger partial charge in [-0.2, -0.15) is 4.99 Å². The highest BCUT2D eigenvalue weighted by molar-refractivity contribution is 9.10. The van der Waals surface area contributed by atoms with Gasteiger partial charge in [-0.3, -0.25) is 4.90 Å². The maximum Gasteiger partial charge on any atom is 0.220 e. The molecular weight excluding hydrogens is 318 g/mol. The van der Waals surface area contributed by atoms with Crippen LogP contribution >= 0.6 is 28.3 Å². The Morgan fingerprint density at radius 2 is 1.83 bits per heavy atom. The summed E-state index contributed by atoms with van der Waals surface area (Å²) < 4.78 is 0.932. The van der Waals surface area contributed by atoms with E-state index < -0.39 is 5.66 Å². The third kappa shape index (κ3) is 2.59. The summed E-state index contributed by atoms with van der Waals surface area (Å²) in [5, 5.41) is 0. The van der Waals surface area contributed by atoms with E-state index in [1.807, 2.05) is 43.0 Å². The van der Waals surface area contributed by atoms with Crippen molar-refractivity contribution in [3.05, 3.63) is 28.7 Å². The van der Waals surface area contributed by atoms with E-state index in [0.29, 0.717) is 5.96 Å². The van der Waals surface area contributed by atoms with E-state index in [0.717, 1.165) is 10.2 Å². The van der Waals surface area contributed by atoms with E-state index >= 15 is 0 Å². The van der Waals surface area contributed by atoms with Crippen molar-refractivity contribution in [3.8, 4) is 0 Å². The molecule has 1 aromatic rings. The monoisotopic (exact) mass is 331 g/mol. The summed E-state index contributed by atoms with van der Waals surface area (Å²) in [6, 6.07) is 7.77. The van der Waals surface area contributed by atoms with Crippen molar-refractivity contribution in [1.29, 1.82) is 0 Å². The summed E-state index contributed by atoms with van der Waals surface area (Å²) >= 11 is 3.49. The van der Waals surface area contributed by atoms with Crippen LogP contribution in [0.25, 0.3) is 0 Å². The molecule has 0 aliphatic carbocycles. The molecule has 0 radical (unpaired) electrons. The van der Waals surface area contributed by atoms with Crippen molar-refractivity contribution in [1.82, 2.24) is 0 Å². The molecule has 1 aliphatic heterocycles. The summed E-state index contributed by atoms with van der Waals surface area (Å²) in [6.07, 6.45) is 0. The number of anilines is 1. The molecule has 1 aromatic carbocycles. The molecule has 1 heterocycles. The highest BCUT2D eigenvalue weighted by Gasteiger charge is 2.33. The van der Waals surface area contributed by atoms with E-state index in [1.165, 1.54) is 0 Å². The molecule has 0 bridgehead atoms. The number of guanidine groups is 2. The SMILES string of the molecule is CC1(C)N=C(N)N=C(N)N1c1ccccc1Br.Cl. The van der Waals surface area contributed by atoms with Gasteiger partial charge in [0.1, 0.15) is 5.66 Å². The lowest BCUT2D eigenvalue weighted by Gasteiger charge is -2.38. The summed E-state index contributed by atoms with van der Waals surface area (Å²) in [4.78, 5) is 10.1. The molecule has 0 aromatic heterocycles. The highest BCUT2D eigenvalue weighted by Crippen LogP contribution is 2.32. The zero-order valence-corrected chi connectivity index (χ0v) is 12.5. The molecule has 98 valence electrons. The third-order valence-electron chi connectivity index (χ3n) is 2.49. The van der Waals surface area contributed by atoms with Crippen molar-refractivity contribution in [2.75, 3.05) is 4.90 Å². The first-order valence-corrected chi connectivity index (χ1v) is 5.95. The maximum absolute atomic E-state index is 5.94. The van der Waals surface area contributed by atoms with Crippen molar-refractivity contribution in [3.63, 3.8) is 0 Å². The van der Waals surface area contributed by atoms with Crippen LogP contribution in [0.3, 0.4) is 0 Å². The van der Waals surface area contributed by atoms with Crippen molar-refractivity contribution in [2.24, 2.45) is 21.5 Å². The Kier molecular flexibility index (Phi) is 4.24. The minimum absolute atomic E-state index is 0. The maximum atomic E-state index is 5.94. The number of nitrogens with two attached hydrogens (primary N) is 2. The molecule has 0 spiro atoms. The Morgan fingerprint density at radius 1 is 1.22 bits per heavy atom. The topological polar surface area (TPSA) is 80.0 Å². The first kappa shape index (κ1) is 14.8. The smallest absolute Gasteiger partial charge is 0.220 e. The van der Waals surface area contributed by atoms with E-state index in [4.69, 9.17) is 11.5 Å². The number of benzene rings is 1. The van der Waals surface area contributed by atoms with E-state index in [9.17, 15) is 0 Å². The van der Waals surface area contributed by atoms with Gasteiger partial charge in [0, 0.05) is 4.47 Å². The molecular formula is C11H15BrClN5. The van der Waals surface area contributed by atoms with Crippen LogP contribution in [0.4, 0.5) is 5.69 Å². The van der Waals surface area contributed by atoms with Gasteiger partial charge in [0.25, 0.3) is 0 Å². The number of hydrogen-bond donors (Lipinski definition) is 2. The quantitative estimate of drug-likeness (QED) is 0.826. The second kappa shape index (κ2) is 5.16. The normalized spacial score (nSPS) is 17.6. The molecule has 0 fully saturated rings. The Labute approximate surface area is 121 Å². The summed E-state index contributed by atoms with van der Waals surface area (Å²) in [5.41, 5.74) is 11.9. The van der Waals surface area contributed by atoms with E-state index in [-0.39, 0.29) is 18.4 Å². The minimum atomic E-state index is -0.556. The van der Waals surface area contributed by atoms with Gasteiger partial charge in [-0.1, -0.05) is 12.1 Å². The fraction of sp³-hybridized carbons (Fsp3) is 0.273. The molecule has 5 nitrogen and oxygen atoms in total. The number of rotatable bonds is 1. The Hall–Kier alpha value is -1.27. The lowest BCUT2D eigenvalue weighted by atomic mass is 10.1. The second-order valence-corrected chi connectivity index (χ2v) is 5.08. The fourth-order valence-electron chi connectivity index (χ4n) is 1.85. The molecule has 1 aliphatic rings. The molecule has 0 saturated carbocycles. The van der Waals surface area contributed by atoms with Gasteiger partial charge in [-0.25, -0.2) is 4.99 Å². The number of aliphatic imine (C=N–C) groups is 2. The zero-order chi connectivity index (χ0) is 12.6. The molecule has 0 atom stereocenters.